The lowest BCUT2D eigenvalue weighted by Gasteiger charge is -2.06. The molecule has 2 aromatic rings. The molecule has 1 aromatic carbocycles. The van der Waals surface area contributed by atoms with Crippen LogP contribution in [-0.4, -0.2) is 5.91 Å². The fourth-order valence-corrected chi connectivity index (χ4v) is 4.05. The monoisotopic (exact) mass is 367 g/mol. The minimum absolute atomic E-state index is 0.167. The van der Waals surface area contributed by atoms with E-state index in [1.807, 2.05) is 6.07 Å². The van der Waals surface area contributed by atoms with Gasteiger partial charge in [0.25, 0.3) is 5.91 Å². The number of halogens is 2. The molecule has 5 heteroatoms. The van der Waals surface area contributed by atoms with E-state index in [1.165, 1.54) is 41.8 Å². The van der Waals surface area contributed by atoms with E-state index in [2.05, 4.69) is 21.2 Å². The van der Waals surface area contributed by atoms with Crippen molar-refractivity contribution >= 4 is 38.9 Å². The zero-order chi connectivity index (χ0) is 14.8. The number of benzene rings is 1. The zero-order valence-electron chi connectivity index (χ0n) is 11.4. The average molecular weight is 368 g/mol. The summed E-state index contributed by atoms with van der Waals surface area (Å²) in [5.74, 6) is -0.533. The largest absolute Gasteiger partial charge is 0.320 e. The summed E-state index contributed by atoms with van der Waals surface area (Å²) in [6, 6.07) is 6.26. The molecule has 1 amide bonds. The summed E-state index contributed by atoms with van der Waals surface area (Å²) in [4.78, 5) is 14.4. The van der Waals surface area contributed by atoms with Gasteiger partial charge in [-0.05, 0) is 71.4 Å². The summed E-state index contributed by atoms with van der Waals surface area (Å²) in [7, 11) is 0. The number of fused-ring (bicyclic) bond motifs is 1. The predicted octanol–water partition coefficient (Wildman–Crippen LogP) is 5.17. The second kappa shape index (κ2) is 6.28. The Balaban J connectivity index is 1.81. The summed E-state index contributed by atoms with van der Waals surface area (Å²) in [6.45, 7) is 0. The molecule has 0 spiro atoms. The Kier molecular flexibility index (Phi) is 4.40. The summed E-state index contributed by atoms with van der Waals surface area (Å²) < 4.78 is 13.9. The Bertz CT molecular complexity index is 659. The second-order valence-electron chi connectivity index (χ2n) is 5.20. The second-order valence-corrected chi connectivity index (χ2v) is 7.19. The van der Waals surface area contributed by atoms with E-state index >= 15 is 0 Å². The first-order valence-corrected chi connectivity index (χ1v) is 8.62. The van der Waals surface area contributed by atoms with E-state index < -0.39 is 0 Å². The minimum atomic E-state index is -0.365. The van der Waals surface area contributed by atoms with Crippen molar-refractivity contribution in [1.29, 1.82) is 0 Å². The number of amides is 1. The molecule has 1 aliphatic rings. The van der Waals surface area contributed by atoms with Gasteiger partial charge in [-0.3, -0.25) is 4.79 Å². The normalized spacial score (nSPS) is 14.4. The highest BCUT2D eigenvalue weighted by Gasteiger charge is 2.17. The maximum atomic E-state index is 13.3. The standard InChI is InChI=1S/C16H15BrFNOS/c17-12-7-6-11(18)9-13(12)19-16(20)15-8-10-4-2-1-3-5-14(10)21-15/h6-9H,1-5H2,(H,19,20). The van der Waals surface area contributed by atoms with E-state index in [9.17, 15) is 9.18 Å². The van der Waals surface area contributed by atoms with Crippen LogP contribution in [0.4, 0.5) is 10.1 Å². The Morgan fingerprint density at radius 3 is 2.86 bits per heavy atom. The maximum absolute atomic E-state index is 13.3. The summed E-state index contributed by atoms with van der Waals surface area (Å²) in [5.41, 5.74) is 1.77. The number of aryl methyl sites for hydroxylation is 2. The number of hydrogen-bond acceptors (Lipinski definition) is 2. The number of anilines is 1. The molecule has 1 aliphatic carbocycles. The van der Waals surface area contributed by atoms with Gasteiger partial charge in [0.15, 0.2) is 0 Å². The van der Waals surface area contributed by atoms with Gasteiger partial charge in [-0.1, -0.05) is 6.42 Å². The van der Waals surface area contributed by atoms with Crippen LogP contribution in [0.3, 0.4) is 0 Å². The minimum Gasteiger partial charge on any atom is -0.320 e. The molecular formula is C16H15BrFNOS. The first-order chi connectivity index (χ1) is 10.1. The molecule has 0 saturated heterocycles. The van der Waals surface area contributed by atoms with Gasteiger partial charge in [0.05, 0.1) is 10.6 Å². The van der Waals surface area contributed by atoms with Crippen LogP contribution >= 0.6 is 27.3 Å². The van der Waals surface area contributed by atoms with Gasteiger partial charge < -0.3 is 5.32 Å². The highest BCUT2D eigenvalue weighted by atomic mass is 79.9. The predicted molar refractivity (Wildman–Crippen MR) is 87.6 cm³/mol. The molecule has 0 bridgehead atoms. The van der Waals surface area contributed by atoms with Crippen molar-refractivity contribution in [2.24, 2.45) is 0 Å². The fraction of sp³-hybridized carbons (Fsp3) is 0.312. The first-order valence-electron chi connectivity index (χ1n) is 7.01. The van der Waals surface area contributed by atoms with Crippen LogP contribution in [0.1, 0.15) is 39.4 Å². The van der Waals surface area contributed by atoms with Crippen LogP contribution in [0.15, 0.2) is 28.7 Å². The maximum Gasteiger partial charge on any atom is 0.265 e. The molecule has 110 valence electrons. The molecule has 0 saturated carbocycles. The lowest BCUT2D eigenvalue weighted by atomic mass is 10.1. The molecule has 1 aromatic heterocycles. The van der Waals surface area contributed by atoms with E-state index in [1.54, 1.807) is 17.4 Å². The third-order valence-electron chi connectivity index (χ3n) is 3.65. The van der Waals surface area contributed by atoms with Gasteiger partial charge in [-0.15, -0.1) is 11.3 Å². The fourth-order valence-electron chi connectivity index (χ4n) is 2.56. The Morgan fingerprint density at radius 2 is 2.00 bits per heavy atom. The molecular weight excluding hydrogens is 353 g/mol. The van der Waals surface area contributed by atoms with Gasteiger partial charge in [0, 0.05) is 9.35 Å². The summed E-state index contributed by atoms with van der Waals surface area (Å²) in [5, 5.41) is 2.78. The molecule has 3 rings (SSSR count). The Labute approximate surface area is 135 Å². The zero-order valence-corrected chi connectivity index (χ0v) is 13.8. The van der Waals surface area contributed by atoms with Crippen LogP contribution in [-0.2, 0) is 12.8 Å². The molecule has 1 N–H and O–H groups in total. The lowest BCUT2D eigenvalue weighted by Crippen LogP contribution is -2.10. The van der Waals surface area contributed by atoms with Crippen molar-refractivity contribution in [1.82, 2.24) is 0 Å². The van der Waals surface area contributed by atoms with Crippen LogP contribution < -0.4 is 5.32 Å². The molecule has 2 nitrogen and oxygen atoms in total. The van der Waals surface area contributed by atoms with Gasteiger partial charge in [0.1, 0.15) is 5.82 Å². The van der Waals surface area contributed by atoms with E-state index in [0.717, 1.165) is 12.8 Å². The highest BCUT2D eigenvalue weighted by molar-refractivity contribution is 9.10. The van der Waals surface area contributed by atoms with Crippen molar-refractivity contribution in [2.45, 2.75) is 32.1 Å². The van der Waals surface area contributed by atoms with Crippen molar-refractivity contribution < 1.29 is 9.18 Å². The van der Waals surface area contributed by atoms with Crippen LogP contribution in [0.2, 0.25) is 0 Å². The van der Waals surface area contributed by atoms with Crippen molar-refractivity contribution in [3.63, 3.8) is 0 Å². The van der Waals surface area contributed by atoms with Crippen molar-refractivity contribution in [3.8, 4) is 0 Å². The van der Waals surface area contributed by atoms with E-state index in [0.29, 0.717) is 15.0 Å². The first kappa shape index (κ1) is 14.7. The van der Waals surface area contributed by atoms with E-state index in [-0.39, 0.29) is 11.7 Å². The third-order valence-corrected chi connectivity index (χ3v) is 5.57. The molecule has 0 radical (unpaired) electrons. The highest BCUT2D eigenvalue weighted by Crippen LogP contribution is 2.30. The number of carbonyl (C=O) groups is 1. The number of nitrogens with one attached hydrogen (secondary N) is 1. The van der Waals surface area contributed by atoms with Gasteiger partial charge in [-0.2, -0.15) is 0 Å². The third kappa shape index (κ3) is 3.35. The van der Waals surface area contributed by atoms with Crippen LogP contribution in [0.5, 0.6) is 0 Å². The lowest BCUT2D eigenvalue weighted by molar-refractivity contribution is 0.103. The van der Waals surface area contributed by atoms with E-state index in [4.69, 9.17) is 0 Å². The molecule has 1 heterocycles. The molecule has 0 aliphatic heterocycles. The van der Waals surface area contributed by atoms with Crippen LogP contribution in [0.25, 0.3) is 0 Å². The molecule has 0 atom stereocenters. The number of hydrogen-bond donors (Lipinski definition) is 1. The Hall–Kier alpha value is -1.20. The SMILES string of the molecule is O=C(Nc1cc(F)ccc1Br)c1cc2c(s1)CCCCC2. The number of thiophene rings is 1. The smallest absolute Gasteiger partial charge is 0.265 e. The Morgan fingerprint density at radius 1 is 1.19 bits per heavy atom. The summed E-state index contributed by atoms with van der Waals surface area (Å²) >= 11 is 4.89. The molecule has 21 heavy (non-hydrogen) atoms. The van der Waals surface area contributed by atoms with Gasteiger partial charge in [0.2, 0.25) is 0 Å². The topological polar surface area (TPSA) is 29.1 Å². The van der Waals surface area contributed by atoms with Crippen molar-refractivity contribution in [2.75, 3.05) is 5.32 Å². The van der Waals surface area contributed by atoms with Gasteiger partial charge >= 0.3 is 0 Å². The van der Waals surface area contributed by atoms with Gasteiger partial charge in [-0.25, -0.2) is 4.39 Å². The quantitative estimate of drug-likeness (QED) is 0.728. The summed E-state index contributed by atoms with van der Waals surface area (Å²) in [6.07, 6.45) is 5.78. The number of carbonyl (C=O) groups excluding carboxylic acids is 1. The van der Waals surface area contributed by atoms with Crippen LogP contribution in [0, 0.1) is 5.82 Å². The molecule has 0 unspecified atom stereocenters. The van der Waals surface area contributed by atoms with Crippen molar-refractivity contribution in [3.05, 3.63) is 49.9 Å². The number of rotatable bonds is 2. The average Bonchev–Trinajstić information content (AvgIpc) is 2.74. The molecule has 0 fully saturated rings.